The summed E-state index contributed by atoms with van der Waals surface area (Å²) in [7, 11) is 0. The first-order valence-corrected chi connectivity index (χ1v) is 5.46. The summed E-state index contributed by atoms with van der Waals surface area (Å²) in [5.41, 5.74) is 0.843. The van der Waals surface area contributed by atoms with Crippen molar-refractivity contribution in [1.29, 1.82) is 0 Å². The van der Waals surface area contributed by atoms with Gasteiger partial charge in [0.15, 0.2) is 0 Å². The van der Waals surface area contributed by atoms with Crippen molar-refractivity contribution in [1.82, 2.24) is 0 Å². The zero-order valence-corrected chi connectivity index (χ0v) is 8.88. The van der Waals surface area contributed by atoms with Crippen LogP contribution in [0.25, 0.3) is 0 Å². The van der Waals surface area contributed by atoms with Crippen LogP contribution >= 0.6 is 0 Å². The van der Waals surface area contributed by atoms with Gasteiger partial charge in [0.2, 0.25) is 0 Å². The molecule has 2 radical (unpaired) electrons. The number of carbonyl (C=O) groups is 1. The summed E-state index contributed by atoms with van der Waals surface area (Å²) in [6.07, 6.45) is 0. The molecule has 0 aliphatic heterocycles. The normalized spacial score (nSPS) is 9.30. The second-order valence-electron chi connectivity index (χ2n) is 1.99. The Kier molecular flexibility index (Phi) is 2.93. The van der Waals surface area contributed by atoms with Gasteiger partial charge >= 0.3 is 73.4 Å². The predicted octanol–water partition coefficient (Wildman–Crippen LogP) is 1.19. The summed E-state index contributed by atoms with van der Waals surface area (Å²) < 4.78 is 0.717. The molecule has 10 heavy (non-hydrogen) atoms. The third-order valence-electron chi connectivity index (χ3n) is 1.28. The first-order chi connectivity index (χ1) is 4.84. The molecule has 1 nitrogen and oxygen atoms in total. The standard InChI is InChI=1S/C8H7O.Sn.H/c1-7(9)8-5-3-2-4-6-8;;/h2-6H,1H2;;. The van der Waals surface area contributed by atoms with E-state index in [0.29, 0.717) is 0 Å². The van der Waals surface area contributed by atoms with Gasteiger partial charge in [-0.3, -0.25) is 0 Å². The fourth-order valence-corrected chi connectivity index (χ4v) is 1.41. The fraction of sp³-hybridized carbons (Fsp3) is 0.125. The molecule has 0 aliphatic carbocycles. The molecule has 2 heteroatoms. The summed E-state index contributed by atoms with van der Waals surface area (Å²) >= 11 is 1.02. The van der Waals surface area contributed by atoms with Gasteiger partial charge in [0.25, 0.3) is 0 Å². The first kappa shape index (κ1) is 7.79. The summed E-state index contributed by atoms with van der Waals surface area (Å²) in [6.45, 7) is 0. The molecule has 0 bridgehead atoms. The Morgan fingerprint density at radius 2 is 1.90 bits per heavy atom. The Morgan fingerprint density at radius 1 is 1.30 bits per heavy atom. The number of ketones is 1. The molecule has 0 N–H and O–H groups in total. The van der Waals surface area contributed by atoms with E-state index in [1.807, 2.05) is 30.3 Å². The van der Waals surface area contributed by atoms with Crippen LogP contribution in [-0.4, -0.2) is 28.3 Å². The van der Waals surface area contributed by atoms with Gasteiger partial charge in [-0.1, -0.05) is 0 Å². The molecule has 1 aromatic carbocycles. The van der Waals surface area contributed by atoms with Crippen LogP contribution in [0.15, 0.2) is 30.3 Å². The van der Waals surface area contributed by atoms with E-state index in [1.165, 1.54) is 0 Å². The molecule has 0 atom stereocenters. The van der Waals surface area contributed by atoms with Gasteiger partial charge in [-0.2, -0.15) is 0 Å². The summed E-state index contributed by atoms with van der Waals surface area (Å²) in [5, 5.41) is 0. The van der Waals surface area contributed by atoms with Crippen molar-refractivity contribution in [2.45, 2.75) is 4.44 Å². The van der Waals surface area contributed by atoms with E-state index in [0.717, 1.165) is 32.5 Å². The van der Waals surface area contributed by atoms with E-state index < -0.39 is 0 Å². The Morgan fingerprint density at radius 3 is 2.40 bits per heavy atom. The van der Waals surface area contributed by atoms with E-state index in [1.54, 1.807) is 0 Å². The van der Waals surface area contributed by atoms with Gasteiger partial charge in [-0.25, -0.2) is 0 Å². The van der Waals surface area contributed by atoms with Crippen molar-refractivity contribution in [2.24, 2.45) is 0 Å². The monoisotopic (exact) mass is 240 g/mol. The zero-order chi connectivity index (χ0) is 7.40. The Hall–Kier alpha value is -0.311. The summed E-state index contributed by atoms with van der Waals surface area (Å²) in [4.78, 5) is 11.0. The molecule has 0 aromatic heterocycles. The SMILES string of the molecule is O=C([CH2][SnH])c1ccccc1. The van der Waals surface area contributed by atoms with E-state index in [2.05, 4.69) is 0 Å². The number of benzene rings is 1. The van der Waals surface area contributed by atoms with Crippen LogP contribution in [0.4, 0.5) is 0 Å². The Labute approximate surface area is 73.5 Å². The topological polar surface area (TPSA) is 17.1 Å². The quantitative estimate of drug-likeness (QED) is 0.559. The van der Waals surface area contributed by atoms with Crippen molar-refractivity contribution in [3.63, 3.8) is 0 Å². The van der Waals surface area contributed by atoms with Gasteiger partial charge in [-0.15, -0.1) is 0 Å². The molecule has 0 aliphatic rings. The van der Waals surface area contributed by atoms with E-state index in [9.17, 15) is 4.79 Å². The molecule has 0 heterocycles. The number of hydrogen-bond donors (Lipinski definition) is 0. The van der Waals surface area contributed by atoms with E-state index in [4.69, 9.17) is 0 Å². The molecular weight excluding hydrogens is 231 g/mol. The molecule has 0 unspecified atom stereocenters. The summed E-state index contributed by atoms with van der Waals surface area (Å²) in [6, 6.07) is 9.42. The third kappa shape index (κ3) is 1.84. The van der Waals surface area contributed by atoms with Gasteiger partial charge in [0, 0.05) is 0 Å². The third-order valence-corrected chi connectivity index (χ3v) is 2.34. The molecule has 1 aromatic rings. The van der Waals surface area contributed by atoms with Gasteiger partial charge in [0.1, 0.15) is 0 Å². The molecule has 0 spiro atoms. The molecule has 50 valence electrons. The van der Waals surface area contributed by atoms with Crippen molar-refractivity contribution in [2.75, 3.05) is 0 Å². The van der Waals surface area contributed by atoms with Crippen LogP contribution in [0.3, 0.4) is 0 Å². The predicted molar refractivity (Wildman–Crippen MR) is 42.7 cm³/mol. The Balaban J connectivity index is 2.85. The van der Waals surface area contributed by atoms with Crippen LogP contribution < -0.4 is 0 Å². The van der Waals surface area contributed by atoms with Crippen molar-refractivity contribution >= 4 is 28.3 Å². The van der Waals surface area contributed by atoms with Gasteiger partial charge in [-0.05, 0) is 0 Å². The second-order valence-corrected chi connectivity index (χ2v) is 3.16. The minimum absolute atomic E-state index is 0.267. The fourth-order valence-electron chi connectivity index (χ4n) is 0.742. The average molecular weight is 239 g/mol. The van der Waals surface area contributed by atoms with Crippen LogP contribution in [0.2, 0.25) is 4.44 Å². The van der Waals surface area contributed by atoms with Gasteiger partial charge in [0.05, 0.1) is 0 Å². The molecule has 0 amide bonds. The number of carbonyl (C=O) groups excluding carboxylic acids is 1. The van der Waals surface area contributed by atoms with Crippen LogP contribution in [0.5, 0.6) is 0 Å². The molecule has 0 saturated heterocycles. The molecule has 0 fully saturated rings. The zero-order valence-electron chi connectivity index (χ0n) is 5.58. The van der Waals surface area contributed by atoms with E-state index in [-0.39, 0.29) is 5.78 Å². The Bertz CT molecular complexity index is 218. The van der Waals surface area contributed by atoms with Crippen LogP contribution in [0.1, 0.15) is 10.4 Å². The maximum atomic E-state index is 11.0. The number of hydrogen-bond acceptors (Lipinski definition) is 1. The first-order valence-electron chi connectivity index (χ1n) is 3.13. The molecular formula is C8H8OSn. The number of Topliss-reactive ketones (excluding diaryl/α,β-unsaturated/α-hetero) is 1. The average Bonchev–Trinajstić information content (AvgIpc) is 2.05. The number of rotatable bonds is 2. The van der Waals surface area contributed by atoms with Crippen molar-refractivity contribution < 1.29 is 4.79 Å². The minimum atomic E-state index is 0.267. The maximum absolute atomic E-state index is 11.0. The van der Waals surface area contributed by atoms with Crippen molar-refractivity contribution in [3.05, 3.63) is 35.9 Å². The van der Waals surface area contributed by atoms with Crippen LogP contribution in [0, 0.1) is 0 Å². The summed E-state index contributed by atoms with van der Waals surface area (Å²) in [5.74, 6) is 0.267. The van der Waals surface area contributed by atoms with E-state index >= 15 is 0 Å². The molecule has 1 rings (SSSR count). The van der Waals surface area contributed by atoms with Crippen molar-refractivity contribution in [3.8, 4) is 0 Å². The van der Waals surface area contributed by atoms with Gasteiger partial charge < -0.3 is 0 Å². The second kappa shape index (κ2) is 3.76. The van der Waals surface area contributed by atoms with Crippen LogP contribution in [-0.2, 0) is 0 Å². The molecule has 0 saturated carbocycles.